The van der Waals surface area contributed by atoms with Crippen LogP contribution in [0.15, 0.2) is 53.1 Å². The molecular formula is C19H14ClFN2O2. The van der Waals surface area contributed by atoms with Gasteiger partial charge in [0.25, 0.3) is 5.91 Å². The van der Waals surface area contributed by atoms with Gasteiger partial charge in [0.05, 0.1) is 5.02 Å². The molecule has 0 fully saturated rings. The van der Waals surface area contributed by atoms with Gasteiger partial charge >= 0.3 is 0 Å². The van der Waals surface area contributed by atoms with Crippen molar-refractivity contribution in [1.29, 1.82) is 0 Å². The van der Waals surface area contributed by atoms with Crippen molar-refractivity contribution in [2.24, 2.45) is 0 Å². The lowest BCUT2D eigenvalue weighted by Gasteiger charge is -2.28. The van der Waals surface area contributed by atoms with Crippen LogP contribution in [0.1, 0.15) is 22.5 Å². The van der Waals surface area contributed by atoms with Crippen LogP contribution in [0.3, 0.4) is 0 Å². The molecule has 2 aromatic carbocycles. The average Bonchev–Trinajstić information content (AvgIpc) is 3.13. The zero-order chi connectivity index (χ0) is 17.4. The number of fused-ring (bicyclic) bond motifs is 1. The molecule has 4 rings (SSSR count). The molecule has 6 heteroatoms. The summed E-state index contributed by atoms with van der Waals surface area (Å²) >= 11 is 5.80. The maximum Gasteiger partial charge on any atom is 0.296 e. The minimum Gasteiger partial charge on any atom is -0.350 e. The summed E-state index contributed by atoms with van der Waals surface area (Å²) in [5.41, 5.74) is 2.45. The van der Waals surface area contributed by atoms with Crippen LogP contribution in [-0.4, -0.2) is 17.6 Å². The first-order valence-corrected chi connectivity index (χ1v) is 8.34. The molecule has 0 atom stereocenters. The Hall–Kier alpha value is -2.66. The number of anilines is 1. The number of aromatic nitrogens is 1. The maximum absolute atomic E-state index is 14.1. The van der Waals surface area contributed by atoms with Gasteiger partial charge in [0.1, 0.15) is 5.69 Å². The second-order valence-electron chi connectivity index (χ2n) is 5.87. The minimum absolute atomic E-state index is 0.00154. The molecule has 2 heterocycles. The van der Waals surface area contributed by atoms with Gasteiger partial charge in [0.15, 0.2) is 5.82 Å². The van der Waals surface area contributed by atoms with Crippen molar-refractivity contribution in [1.82, 2.24) is 5.16 Å². The fraction of sp³-hybridized carbons (Fsp3) is 0.158. The monoisotopic (exact) mass is 356 g/mol. The maximum atomic E-state index is 14.1. The van der Waals surface area contributed by atoms with E-state index in [4.69, 9.17) is 16.1 Å². The second-order valence-corrected chi connectivity index (χ2v) is 6.27. The van der Waals surface area contributed by atoms with Crippen LogP contribution in [0.4, 0.5) is 10.1 Å². The Bertz CT molecular complexity index is 954. The zero-order valence-electron chi connectivity index (χ0n) is 13.2. The second kappa shape index (κ2) is 6.33. The number of para-hydroxylation sites is 1. The first kappa shape index (κ1) is 15.8. The van der Waals surface area contributed by atoms with E-state index < -0.39 is 5.82 Å². The Balaban J connectivity index is 1.67. The van der Waals surface area contributed by atoms with Crippen LogP contribution in [0.25, 0.3) is 11.3 Å². The molecule has 0 spiro atoms. The first-order valence-electron chi connectivity index (χ1n) is 7.96. The van der Waals surface area contributed by atoms with Gasteiger partial charge in [-0.25, -0.2) is 4.39 Å². The highest BCUT2D eigenvalue weighted by Crippen LogP contribution is 2.30. The summed E-state index contributed by atoms with van der Waals surface area (Å²) in [7, 11) is 0. The molecule has 0 aliphatic carbocycles. The lowest BCUT2D eigenvalue weighted by atomic mass is 10.0. The van der Waals surface area contributed by atoms with Crippen LogP contribution in [0, 0.1) is 5.82 Å². The summed E-state index contributed by atoms with van der Waals surface area (Å²) in [4.78, 5) is 14.5. The van der Waals surface area contributed by atoms with Crippen LogP contribution in [0.2, 0.25) is 5.02 Å². The number of halogens is 2. The van der Waals surface area contributed by atoms with Crippen molar-refractivity contribution in [2.75, 3.05) is 11.4 Å². The summed E-state index contributed by atoms with van der Waals surface area (Å²) in [5, 5.41) is 3.84. The van der Waals surface area contributed by atoms with Crippen molar-refractivity contribution in [3.63, 3.8) is 0 Å². The summed E-state index contributed by atoms with van der Waals surface area (Å²) in [6.07, 6.45) is 1.82. The molecule has 0 radical (unpaired) electrons. The molecule has 0 N–H and O–H groups in total. The third-order valence-corrected chi connectivity index (χ3v) is 4.60. The van der Waals surface area contributed by atoms with E-state index in [1.54, 1.807) is 17.0 Å². The highest BCUT2D eigenvalue weighted by molar-refractivity contribution is 6.31. The molecular weight excluding hydrogens is 343 g/mol. The van der Waals surface area contributed by atoms with E-state index in [1.807, 2.05) is 24.3 Å². The normalized spacial score (nSPS) is 13.6. The Morgan fingerprint density at radius 1 is 1.20 bits per heavy atom. The number of amides is 1. The number of carbonyl (C=O) groups excluding carboxylic acids is 1. The molecule has 0 saturated carbocycles. The van der Waals surface area contributed by atoms with E-state index in [2.05, 4.69) is 5.16 Å². The Kier molecular flexibility index (Phi) is 4.01. The Labute approximate surface area is 148 Å². The molecule has 0 saturated heterocycles. The molecule has 4 nitrogen and oxygen atoms in total. The van der Waals surface area contributed by atoms with Gasteiger partial charge in [-0.2, -0.15) is 0 Å². The van der Waals surface area contributed by atoms with E-state index in [9.17, 15) is 9.18 Å². The summed E-state index contributed by atoms with van der Waals surface area (Å²) in [6.45, 7) is 0.609. The third-order valence-electron chi connectivity index (χ3n) is 4.30. The molecule has 25 heavy (non-hydrogen) atoms. The van der Waals surface area contributed by atoms with Gasteiger partial charge < -0.3 is 9.42 Å². The fourth-order valence-electron chi connectivity index (χ4n) is 3.08. The molecule has 1 aliphatic rings. The predicted octanol–water partition coefficient (Wildman–Crippen LogP) is 4.73. The smallest absolute Gasteiger partial charge is 0.296 e. The van der Waals surface area contributed by atoms with Crippen molar-refractivity contribution in [3.8, 4) is 11.3 Å². The Morgan fingerprint density at radius 3 is 2.92 bits per heavy atom. The largest absolute Gasteiger partial charge is 0.350 e. The quantitative estimate of drug-likeness (QED) is 0.667. The van der Waals surface area contributed by atoms with Gasteiger partial charge in [-0.3, -0.25) is 4.79 Å². The van der Waals surface area contributed by atoms with Crippen molar-refractivity contribution in [2.45, 2.75) is 12.8 Å². The number of rotatable bonds is 2. The summed E-state index contributed by atoms with van der Waals surface area (Å²) < 4.78 is 19.3. The lowest BCUT2D eigenvalue weighted by molar-refractivity contribution is 0.0949. The lowest BCUT2D eigenvalue weighted by Crippen LogP contribution is -2.35. The SMILES string of the molecule is O=C(c1cc(-c2cccc(Cl)c2F)no1)N1CCCc2ccccc21. The van der Waals surface area contributed by atoms with Gasteiger partial charge in [-0.1, -0.05) is 41.0 Å². The first-order chi connectivity index (χ1) is 12.1. The highest BCUT2D eigenvalue weighted by Gasteiger charge is 2.26. The molecule has 0 unspecified atom stereocenters. The number of aryl methyl sites for hydroxylation is 1. The van der Waals surface area contributed by atoms with E-state index in [-0.39, 0.29) is 27.9 Å². The average molecular weight is 357 g/mol. The predicted molar refractivity (Wildman–Crippen MR) is 93.3 cm³/mol. The fourth-order valence-corrected chi connectivity index (χ4v) is 3.26. The molecule has 126 valence electrons. The number of hydrogen-bond donors (Lipinski definition) is 0. The van der Waals surface area contributed by atoms with E-state index in [1.165, 1.54) is 12.1 Å². The van der Waals surface area contributed by atoms with E-state index >= 15 is 0 Å². The molecule has 0 bridgehead atoms. The topological polar surface area (TPSA) is 46.3 Å². The number of carbonyl (C=O) groups is 1. The molecule has 3 aromatic rings. The summed E-state index contributed by atoms with van der Waals surface area (Å²) in [6, 6.07) is 13.9. The van der Waals surface area contributed by atoms with E-state index in [0.29, 0.717) is 6.54 Å². The van der Waals surface area contributed by atoms with Gasteiger partial charge in [0.2, 0.25) is 5.76 Å². The minimum atomic E-state index is -0.584. The standard InChI is InChI=1S/C19H14ClFN2O2/c20-14-8-3-7-13(18(14)21)15-11-17(25-22-15)19(24)23-10-4-6-12-5-1-2-9-16(12)23/h1-3,5,7-9,11H,4,6,10H2. The van der Waals surface area contributed by atoms with Crippen LogP contribution in [0.5, 0.6) is 0 Å². The van der Waals surface area contributed by atoms with Crippen LogP contribution in [-0.2, 0) is 6.42 Å². The molecule has 1 amide bonds. The number of nitrogens with zero attached hydrogens (tertiary/aromatic N) is 2. The van der Waals surface area contributed by atoms with Crippen molar-refractivity contribution in [3.05, 3.63) is 70.7 Å². The Morgan fingerprint density at radius 2 is 2.04 bits per heavy atom. The zero-order valence-corrected chi connectivity index (χ0v) is 14.0. The van der Waals surface area contributed by atoms with E-state index in [0.717, 1.165) is 24.1 Å². The molecule has 1 aliphatic heterocycles. The van der Waals surface area contributed by atoms with Crippen LogP contribution < -0.4 is 4.90 Å². The van der Waals surface area contributed by atoms with Crippen molar-refractivity contribution < 1.29 is 13.7 Å². The van der Waals surface area contributed by atoms with Gasteiger partial charge in [0, 0.05) is 23.9 Å². The van der Waals surface area contributed by atoms with Crippen molar-refractivity contribution >= 4 is 23.2 Å². The van der Waals surface area contributed by atoms with Gasteiger partial charge in [-0.05, 0) is 36.6 Å². The third kappa shape index (κ3) is 2.81. The highest BCUT2D eigenvalue weighted by atomic mass is 35.5. The number of hydrogen-bond acceptors (Lipinski definition) is 3. The molecule has 1 aromatic heterocycles. The number of benzene rings is 2. The summed E-state index contributed by atoms with van der Waals surface area (Å²) in [5.74, 6) is -0.792. The van der Waals surface area contributed by atoms with Crippen LogP contribution >= 0.6 is 11.6 Å². The van der Waals surface area contributed by atoms with Gasteiger partial charge in [-0.15, -0.1) is 0 Å².